The zero-order chi connectivity index (χ0) is 24.9. The largest absolute Gasteiger partial charge is 0.494 e. The Balaban J connectivity index is 1.29. The number of likely N-dealkylation sites (tertiary alicyclic amines) is 1. The summed E-state index contributed by atoms with van der Waals surface area (Å²) in [6, 6.07) is 13.2. The lowest BCUT2D eigenvalue weighted by atomic mass is 9.81. The summed E-state index contributed by atoms with van der Waals surface area (Å²) < 4.78 is 22.4. The molecule has 0 bridgehead atoms. The third-order valence-electron chi connectivity index (χ3n) is 7.93. The Labute approximate surface area is 212 Å². The fraction of sp³-hybridized carbons (Fsp3) is 0.500. The van der Waals surface area contributed by atoms with Crippen molar-refractivity contribution < 1.29 is 14.2 Å². The highest BCUT2D eigenvalue weighted by atomic mass is 19.1. The van der Waals surface area contributed by atoms with E-state index in [9.17, 15) is 4.79 Å². The number of hydrogen-bond donors (Lipinski definition) is 1. The predicted molar refractivity (Wildman–Crippen MR) is 142 cm³/mol. The molecule has 36 heavy (non-hydrogen) atoms. The molecule has 2 atom stereocenters. The van der Waals surface area contributed by atoms with E-state index >= 15 is 4.39 Å². The minimum atomic E-state index is -0.227. The molecule has 0 spiro atoms. The van der Waals surface area contributed by atoms with Crippen LogP contribution in [0.25, 0.3) is 16.5 Å². The van der Waals surface area contributed by atoms with Crippen molar-refractivity contribution in [2.24, 2.45) is 5.92 Å². The van der Waals surface area contributed by atoms with Crippen LogP contribution in [0.15, 0.2) is 53.5 Å². The van der Waals surface area contributed by atoms with Gasteiger partial charge in [0.2, 0.25) is 0 Å². The number of fused-ring (bicyclic) bond motifs is 1. The van der Waals surface area contributed by atoms with Crippen molar-refractivity contribution in [3.63, 3.8) is 0 Å². The molecular weight excluding hydrogens is 455 g/mol. The second-order valence-electron chi connectivity index (χ2n) is 10.4. The Morgan fingerprint density at radius 1 is 1.00 bits per heavy atom. The molecule has 1 aliphatic heterocycles. The lowest BCUT2D eigenvalue weighted by Gasteiger charge is -2.35. The standard InChI is InChI=1S/C30H37FN2O3/c31-29-21-26(9-8-24(29)18-22-6-5-7-25(19-22)32-13-1-2-14-32)33-15-12-23-20-27(36-17-4-3-16-34)10-11-28(23)30(33)35/h8-12,15,20-22,25,34H,1-7,13-14,16-19H2/t22?,25-/m1/s1. The van der Waals surface area contributed by atoms with Crippen molar-refractivity contribution in [3.05, 3.63) is 70.4 Å². The van der Waals surface area contributed by atoms with Crippen LogP contribution >= 0.6 is 0 Å². The molecule has 2 fully saturated rings. The van der Waals surface area contributed by atoms with Gasteiger partial charge in [0.1, 0.15) is 11.6 Å². The van der Waals surface area contributed by atoms with Crippen LogP contribution in [0.3, 0.4) is 0 Å². The second kappa shape index (κ2) is 11.6. The predicted octanol–water partition coefficient (Wildman–Crippen LogP) is 5.48. The summed E-state index contributed by atoms with van der Waals surface area (Å²) in [4.78, 5) is 15.8. The minimum absolute atomic E-state index is 0.155. The highest BCUT2D eigenvalue weighted by Gasteiger charge is 2.28. The molecule has 0 radical (unpaired) electrons. The van der Waals surface area contributed by atoms with Crippen LogP contribution in [0.5, 0.6) is 5.75 Å². The molecule has 1 aliphatic carbocycles. The van der Waals surface area contributed by atoms with Gasteiger partial charge in [-0.1, -0.05) is 18.9 Å². The van der Waals surface area contributed by atoms with Crippen molar-refractivity contribution in [1.29, 1.82) is 0 Å². The van der Waals surface area contributed by atoms with Gasteiger partial charge >= 0.3 is 0 Å². The number of aliphatic hydroxyl groups excluding tert-OH is 1. The van der Waals surface area contributed by atoms with Gasteiger partial charge in [-0.3, -0.25) is 9.36 Å². The van der Waals surface area contributed by atoms with Crippen molar-refractivity contribution in [3.8, 4) is 11.4 Å². The molecule has 1 aromatic heterocycles. The quantitative estimate of drug-likeness (QED) is 0.402. The number of aliphatic hydroxyl groups is 1. The van der Waals surface area contributed by atoms with E-state index in [-0.39, 0.29) is 18.0 Å². The van der Waals surface area contributed by atoms with Crippen LogP contribution in [-0.4, -0.2) is 46.9 Å². The molecule has 1 unspecified atom stereocenters. The monoisotopic (exact) mass is 492 g/mol. The molecule has 5 nitrogen and oxygen atoms in total. The van der Waals surface area contributed by atoms with E-state index in [2.05, 4.69) is 4.90 Å². The number of halogens is 1. The SMILES string of the molecule is O=c1c2ccc(OCCCCO)cc2ccn1-c1ccc(CC2CCC[C@@H](N3CCCC3)C2)c(F)c1. The van der Waals surface area contributed by atoms with Gasteiger partial charge in [-0.2, -0.15) is 0 Å². The Hall–Kier alpha value is -2.70. The van der Waals surface area contributed by atoms with E-state index in [0.717, 1.165) is 23.8 Å². The summed E-state index contributed by atoms with van der Waals surface area (Å²) in [7, 11) is 0. The Bertz CT molecular complexity index is 1230. The number of ether oxygens (including phenoxy) is 1. The average Bonchev–Trinajstić information content (AvgIpc) is 3.44. The second-order valence-corrected chi connectivity index (χ2v) is 10.4. The smallest absolute Gasteiger partial charge is 0.262 e. The molecule has 2 heterocycles. The van der Waals surface area contributed by atoms with Crippen molar-refractivity contribution in [1.82, 2.24) is 9.47 Å². The Kier molecular flexibility index (Phi) is 8.02. The third-order valence-corrected chi connectivity index (χ3v) is 7.93. The number of aromatic nitrogens is 1. The zero-order valence-corrected chi connectivity index (χ0v) is 21.0. The highest BCUT2D eigenvalue weighted by molar-refractivity contribution is 5.83. The Morgan fingerprint density at radius 3 is 2.67 bits per heavy atom. The van der Waals surface area contributed by atoms with E-state index < -0.39 is 0 Å². The fourth-order valence-corrected chi connectivity index (χ4v) is 5.97. The summed E-state index contributed by atoms with van der Waals surface area (Å²) in [6.45, 7) is 3.12. The summed E-state index contributed by atoms with van der Waals surface area (Å²) >= 11 is 0. The van der Waals surface area contributed by atoms with Crippen LogP contribution in [-0.2, 0) is 6.42 Å². The molecule has 5 rings (SSSR count). The summed E-state index contributed by atoms with van der Waals surface area (Å²) in [5.74, 6) is 0.991. The molecular formula is C30H37FN2O3. The van der Waals surface area contributed by atoms with Gasteiger partial charge in [-0.05, 0) is 111 Å². The van der Waals surface area contributed by atoms with Gasteiger partial charge in [-0.15, -0.1) is 0 Å². The van der Waals surface area contributed by atoms with Gasteiger partial charge < -0.3 is 14.7 Å². The molecule has 0 amide bonds. The average molecular weight is 493 g/mol. The maximum Gasteiger partial charge on any atom is 0.262 e. The molecule has 2 aromatic carbocycles. The Morgan fingerprint density at radius 2 is 1.86 bits per heavy atom. The normalized spacial score (nSPS) is 20.7. The summed E-state index contributed by atoms with van der Waals surface area (Å²) in [6.07, 6.45) is 11.4. The number of unbranched alkanes of at least 4 members (excludes halogenated alkanes) is 1. The maximum atomic E-state index is 15.2. The van der Waals surface area contributed by atoms with Crippen molar-refractivity contribution >= 4 is 10.8 Å². The number of pyridine rings is 1. The first-order chi connectivity index (χ1) is 17.6. The molecule has 6 heteroatoms. The van der Waals surface area contributed by atoms with Crippen LogP contribution in [0.4, 0.5) is 4.39 Å². The van der Waals surface area contributed by atoms with Gasteiger partial charge in [-0.25, -0.2) is 4.39 Å². The molecule has 1 N–H and O–H groups in total. The van der Waals surface area contributed by atoms with Crippen molar-refractivity contribution in [2.45, 2.75) is 63.8 Å². The molecule has 3 aromatic rings. The molecule has 2 aliphatic rings. The van der Waals surface area contributed by atoms with E-state index in [0.29, 0.717) is 41.8 Å². The summed E-state index contributed by atoms with van der Waals surface area (Å²) in [5.41, 5.74) is 1.13. The molecule has 1 saturated heterocycles. The minimum Gasteiger partial charge on any atom is -0.494 e. The lowest BCUT2D eigenvalue weighted by Crippen LogP contribution is -2.37. The van der Waals surface area contributed by atoms with Crippen molar-refractivity contribution in [2.75, 3.05) is 26.3 Å². The van der Waals surface area contributed by atoms with Gasteiger partial charge in [0.05, 0.1) is 12.3 Å². The van der Waals surface area contributed by atoms with E-state index in [1.807, 2.05) is 24.3 Å². The number of hydrogen-bond acceptors (Lipinski definition) is 4. The van der Waals surface area contributed by atoms with Crippen LogP contribution in [0.1, 0.15) is 56.9 Å². The fourth-order valence-electron chi connectivity index (χ4n) is 5.97. The van der Waals surface area contributed by atoms with E-state index in [1.165, 1.54) is 62.2 Å². The van der Waals surface area contributed by atoms with Gasteiger partial charge in [0.15, 0.2) is 0 Å². The third kappa shape index (κ3) is 5.65. The maximum absolute atomic E-state index is 15.2. The molecule has 192 valence electrons. The molecule has 1 saturated carbocycles. The summed E-state index contributed by atoms with van der Waals surface area (Å²) in [5, 5.41) is 10.2. The topological polar surface area (TPSA) is 54.7 Å². The first kappa shape index (κ1) is 25.0. The number of benzene rings is 2. The first-order valence-electron chi connectivity index (χ1n) is 13.5. The van der Waals surface area contributed by atoms with Gasteiger partial charge in [0.25, 0.3) is 5.56 Å². The van der Waals surface area contributed by atoms with Crippen LogP contribution in [0, 0.1) is 11.7 Å². The number of nitrogens with zero attached hydrogens (tertiary/aromatic N) is 2. The van der Waals surface area contributed by atoms with Crippen LogP contribution < -0.4 is 10.3 Å². The highest BCUT2D eigenvalue weighted by Crippen LogP contribution is 2.32. The van der Waals surface area contributed by atoms with E-state index in [4.69, 9.17) is 9.84 Å². The zero-order valence-electron chi connectivity index (χ0n) is 21.0. The lowest BCUT2D eigenvalue weighted by molar-refractivity contribution is 0.156. The van der Waals surface area contributed by atoms with Crippen LogP contribution in [0.2, 0.25) is 0 Å². The van der Waals surface area contributed by atoms with E-state index in [1.54, 1.807) is 18.3 Å². The first-order valence-corrected chi connectivity index (χ1v) is 13.5. The number of rotatable bonds is 9. The van der Waals surface area contributed by atoms with Gasteiger partial charge in [0, 0.05) is 24.2 Å².